The van der Waals surface area contributed by atoms with Crippen molar-refractivity contribution in [2.24, 2.45) is 22.4 Å². The zero-order chi connectivity index (χ0) is 21.5. The molecule has 6 nitrogen and oxygen atoms in total. The van der Waals surface area contributed by atoms with Crippen LogP contribution in [0, 0.1) is 5.92 Å². The van der Waals surface area contributed by atoms with E-state index in [1.54, 1.807) is 0 Å². The van der Waals surface area contributed by atoms with Crippen molar-refractivity contribution >= 4 is 17.6 Å². The lowest BCUT2D eigenvalue weighted by atomic mass is 9.97. The van der Waals surface area contributed by atoms with Crippen LogP contribution < -0.4 is 16.8 Å². The molecule has 1 heterocycles. The van der Waals surface area contributed by atoms with Crippen molar-refractivity contribution < 1.29 is 4.79 Å². The van der Waals surface area contributed by atoms with Crippen LogP contribution in [0.5, 0.6) is 0 Å². The highest BCUT2D eigenvalue weighted by Crippen LogP contribution is 2.20. The first-order chi connectivity index (χ1) is 14.4. The van der Waals surface area contributed by atoms with E-state index in [-0.39, 0.29) is 11.8 Å². The third kappa shape index (κ3) is 6.32. The number of benzene rings is 2. The van der Waals surface area contributed by atoms with Crippen LogP contribution in [-0.4, -0.2) is 29.9 Å². The van der Waals surface area contributed by atoms with Crippen molar-refractivity contribution in [1.29, 1.82) is 0 Å². The average molecular weight is 408 g/mol. The number of aliphatic imine (C=N–C) groups is 1. The Bertz CT molecular complexity index is 893. The number of hydrogen-bond donors (Lipinski definition) is 3. The van der Waals surface area contributed by atoms with Gasteiger partial charge in [-0.2, -0.15) is 0 Å². The Morgan fingerprint density at radius 1 is 1.17 bits per heavy atom. The average Bonchev–Trinajstić information content (AvgIpc) is 2.73. The van der Waals surface area contributed by atoms with Gasteiger partial charge in [-0.15, -0.1) is 0 Å². The van der Waals surface area contributed by atoms with Crippen LogP contribution in [0.3, 0.4) is 0 Å². The first-order valence-electron chi connectivity index (χ1n) is 10.7. The third-order valence-electron chi connectivity index (χ3n) is 5.56. The molecule has 0 saturated carbocycles. The van der Waals surface area contributed by atoms with Gasteiger partial charge in [-0.05, 0) is 54.1 Å². The Kier molecular flexibility index (Phi) is 7.46. The highest BCUT2D eigenvalue weighted by atomic mass is 16.1. The number of nitrogens with two attached hydrogens (primary N) is 2. The van der Waals surface area contributed by atoms with Crippen molar-refractivity contribution in [2.45, 2.75) is 45.7 Å². The van der Waals surface area contributed by atoms with Crippen LogP contribution in [0.25, 0.3) is 0 Å². The number of amides is 1. The van der Waals surface area contributed by atoms with Gasteiger partial charge < -0.3 is 16.8 Å². The number of carbonyl (C=O) groups excluding carboxylic acids is 1. The van der Waals surface area contributed by atoms with E-state index in [1.807, 2.05) is 18.2 Å². The van der Waals surface area contributed by atoms with Crippen molar-refractivity contribution in [1.82, 2.24) is 4.90 Å². The number of rotatable bonds is 7. The molecule has 2 aromatic rings. The summed E-state index contributed by atoms with van der Waals surface area (Å²) in [5.41, 5.74) is 16.1. The molecule has 1 aliphatic heterocycles. The lowest BCUT2D eigenvalue weighted by Crippen LogP contribution is -2.40. The smallest absolute Gasteiger partial charge is 0.221 e. The van der Waals surface area contributed by atoms with Gasteiger partial charge in [0.1, 0.15) is 0 Å². The summed E-state index contributed by atoms with van der Waals surface area (Å²) in [4.78, 5) is 18.3. The van der Waals surface area contributed by atoms with Gasteiger partial charge >= 0.3 is 0 Å². The molecule has 0 spiro atoms. The predicted octanol–water partition coefficient (Wildman–Crippen LogP) is 3.43. The number of nitrogens with zero attached hydrogens (tertiary/aromatic N) is 2. The summed E-state index contributed by atoms with van der Waals surface area (Å²) < 4.78 is 0. The molecule has 30 heavy (non-hydrogen) atoms. The first kappa shape index (κ1) is 21.8. The molecule has 6 heteroatoms. The fourth-order valence-electron chi connectivity index (χ4n) is 3.86. The minimum atomic E-state index is -0.190. The van der Waals surface area contributed by atoms with Gasteiger partial charge in [-0.3, -0.25) is 9.69 Å². The Morgan fingerprint density at radius 2 is 1.93 bits per heavy atom. The van der Waals surface area contributed by atoms with Gasteiger partial charge in [0.15, 0.2) is 5.96 Å². The number of nitrogens with one attached hydrogen (secondary N) is 1. The Labute approximate surface area is 179 Å². The highest BCUT2D eigenvalue weighted by molar-refractivity contribution is 5.92. The SMILES string of the molecule is CC(C)c1cccc(NC(N)=NCc2cccc(CN3CCCC(C(N)=O)C3)c2)c1. The largest absolute Gasteiger partial charge is 0.370 e. The van der Waals surface area contributed by atoms with Crippen LogP contribution in [0.1, 0.15) is 49.3 Å². The molecule has 1 aliphatic rings. The van der Waals surface area contributed by atoms with E-state index in [9.17, 15) is 4.79 Å². The second-order valence-corrected chi connectivity index (χ2v) is 8.40. The zero-order valence-electron chi connectivity index (χ0n) is 18.0. The molecule has 0 radical (unpaired) electrons. The number of likely N-dealkylation sites (tertiary alicyclic amines) is 1. The molecule has 0 bridgehead atoms. The second-order valence-electron chi connectivity index (χ2n) is 8.40. The quantitative estimate of drug-likeness (QED) is 0.484. The van der Waals surface area contributed by atoms with Gasteiger partial charge in [0, 0.05) is 18.8 Å². The van der Waals surface area contributed by atoms with Crippen LogP contribution in [0.2, 0.25) is 0 Å². The molecule has 1 amide bonds. The number of piperidine rings is 1. The number of primary amides is 1. The lowest BCUT2D eigenvalue weighted by molar-refractivity contribution is -0.123. The number of carbonyl (C=O) groups is 1. The molecule has 2 aromatic carbocycles. The topological polar surface area (TPSA) is 96.7 Å². The molecule has 1 saturated heterocycles. The second kappa shape index (κ2) is 10.3. The normalized spacial score (nSPS) is 17.8. The van der Waals surface area contributed by atoms with E-state index >= 15 is 0 Å². The molecule has 160 valence electrons. The van der Waals surface area contributed by atoms with E-state index in [0.717, 1.165) is 43.7 Å². The summed E-state index contributed by atoms with van der Waals surface area (Å²) in [6.45, 7) is 7.41. The fourth-order valence-corrected chi connectivity index (χ4v) is 3.86. The molecule has 3 rings (SSSR count). The van der Waals surface area contributed by atoms with Crippen molar-refractivity contribution in [3.63, 3.8) is 0 Å². The molecular formula is C24H33N5O. The van der Waals surface area contributed by atoms with Gasteiger partial charge in [-0.1, -0.05) is 50.2 Å². The highest BCUT2D eigenvalue weighted by Gasteiger charge is 2.23. The maximum Gasteiger partial charge on any atom is 0.221 e. The maximum absolute atomic E-state index is 11.5. The summed E-state index contributed by atoms with van der Waals surface area (Å²) in [5, 5.41) is 3.18. The fraction of sp³-hybridized carbons (Fsp3) is 0.417. The first-order valence-corrected chi connectivity index (χ1v) is 10.7. The minimum Gasteiger partial charge on any atom is -0.370 e. The van der Waals surface area contributed by atoms with Crippen LogP contribution in [0.15, 0.2) is 53.5 Å². The Morgan fingerprint density at radius 3 is 2.70 bits per heavy atom. The molecule has 1 atom stereocenters. The van der Waals surface area contributed by atoms with Crippen LogP contribution >= 0.6 is 0 Å². The summed E-state index contributed by atoms with van der Waals surface area (Å²) >= 11 is 0. The number of guanidine groups is 1. The van der Waals surface area contributed by atoms with Crippen LogP contribution in [-0.2, 0) is 17.9 Å². The predicted molar refractivity (Wildman–Crippen MR) is 123 cm³/mol. The lowest BCUT2D eigenvalue weighted by Gasteiger charge is -2.31. The van der Waals surface area contributed by atoms with Gasteiger partial charge in [-0.25, -0.2) is 4.99 Å². The van der Waals surface area contributed by atoms with Crippen molar-refractivity contribution in [3.8, 4) is 0 Å². The number of hydrogen-bond acceptors (Lipinski definition) is 3. The van der Waals surface area contributed by atoms with Gasteiger partial charge in [0.2, 0.25) is 5.91 Å². The van der Waals surface area contributed by atoms with E-state index in [1.165, 1.54) is 11.1 Å². The molecular weight excluding hydrogens is 374 g/mol. The minimum absolute atomic E-state index is 0.0356. The van der Waals surface area contributed by atoms with Crippen molar-refractivity contribution in [3.05, 3.63) is 65.2 Å². The van der Waals surface area contributed by atoms with E-state index in [4.69, 9.17) is 11.5 Å². The summed E-state index contributed by atoms with van der Waals surface area (Å²) in [5.74, 6) is 0.642. The summed E-state index contributed by atoms with van der Waals surface area (Å²) in [7, 11) is 0. The standard InChI is InChI=1S/C24H33N5O/c1-17(2)20-8-4-10-22(13-20)28-24(26)27-14-18-6-3-7-19(12-18)15-29-11-5-9-21(16-29)23(25)30/h3-4,6-8,10,12-13,17,21H,5,9,11,14-16H2,1-2H3,(H2,25,30)(H3,26,27,28). The van der Waals surface area contributed by atoms with Gasteiger partial charge in [0.25, 0.3) is 0 Å². The van der Waals surface area contributed by atoms with Crippen molar-refractivity contribution in [2.75, 3.05) is 18.4 Å². The molecule has 0 aliphatic carbocycles. The zero-order valence-corrected chi connectivity index (χ0v) is 18.0. The van der Waals surface area contributed by atoms with E-state index < -0.39 is 0 Å². The summed E-state index contributed by atoms with van der Waals surface area (Å²) in [6, 6.07) is 16.6. The van der Waals surface area contributed by atoms with Crippen LogP contribution in [0.4, 0.5) is 5.69 Å². The number of anilines is 1. The Balaban J connectivity index is 1.58. The third-order valence-corrected chi connectivity index (χ3v) is 5.56. The monoisotopic (exact) mass is 407 g/mol. The maximum atomic E-state index is 11.5. The molecule has 1 fully saturated rings. The van der Waals surface area contributed by atoms with E-state index in [2.05, 4.69) is 59.4 Å². The molecule has 0 aromatic heterocycles. The molecule has 5 N–H and O–H groups in total. The van der Waals surface area contributed by atoms with Gasteiger partial charge in [0.05, 0.1) is 12.5 Å². The molecule has 1 unspecified atom stereocenters. The summed E-state index contributed by atoms with van der Waals surface area (Å²) in [6.07, 6.45) is 1.91. The Hall–Kier alpha value is -2.86. The van der Waals surface area contributed by atoms with E-state index in [0.29, 0.717) is 18.4 Å².